The van der Waals surface area contributed by atoms with Gasteiger partial charge in [-0.05, 0) is 30.2 Å². The minimum Gasteiger partial charge on any atom is -0.407 e. The van der Waals surface area contributed by atoms with Crippen molar-refractivity contribution in [3.63, 3.8) is 0 Å². The third-order valence-corrected chi connectivity index (χ3v) is 3.75. The Morgan fingerprint density at radius 1 is 1.19 bits per heavy atom. The topological polar surface area (TPSA) is 43.1 Å². The van der Waals surface area contributed by atoms with Crippen LogP contribution in [0.5, 0.6) is 0 Å². The van der Waals surface area contributed by atoms with Crippen LogP contribution in [0, 0.1) is 0 Å². The van der Waals surface area contributed by atoms with Crippen molar-refractivity contribution in [2.24, 2.45) is 0 Å². The first-order valence-electron chi connectivity index (χ1n) is 6.84. The lowest BCUT2D eigenvalue weighted by Crippen LogP contribution is -2.09. The van der Waals surface area contributed by atoms with E-state index in [1.54, 1.807) is 18.2 Å². The van der Waals surface area contributed by atoms with E-state index in [1.807, 2.05) is 37.3 Å². The molecule has 1 unspecified atom stereocenters. The summed E-state index contributed by atoms with van der Waals surface area (Å²) in [5.74, 6) is 0.419. The summed E-state index contributed by atoms with van der Waals surface area (Å²) in [5, 5.41) is 0.911. The van der Waals surface area contributed by atoms with Crippen LogP contribution in [0.15, 0.2) is 57.7 Å². The highest BCUT2D eigenvalue weighted by Gasteiger charge is 2.18. The number of benzene rings is 2. The number of aromatic nitrogens is 1. The predicted molar refractivity (Wildman–Crippen MR) is 83.9 cm³/mol. The smallest absolute Gasteiger partial charge is 0.346 e. The van der Waals surface area contributed by atoms with E-state index in [0.717, 1.165) is 12.0 Å². The molecule has 3 aromatic rings. The van der Waals surface area contributed by atoms with Crippen molar-refractivity contribution < 1.29 is 4.42 Å². The Bertz CT molecular complexity index is 827. The van der Waals surface area contributed by atoms with Crippen molar-refractivity contribution >= 4 is 22.5 Å². The van der Waals surface area contributed by atoms with E-state index in [9.17, 15) is 4.79 Å². The summed E-state index contributed by atoms with van der Waals surface area (Å²) in [5.41, 5.74) is 1.30. The third-order valence-electron chi connectivity index (χ3n) is 3.51. The van der Waals surface area contributed by atoms with Crippen LogP contribution in [-0.4, -0.2) is 4.98 Å². The Morgan fingerprint density at radius 3 is 2.67 bits per heavy atom. The van der Waals surface area contributed by atoms with Crippen LogP contribution in [0.25, 0.3) is 10.9 Å². The van der Waals surface area contributed by atoms with Gasteiger partial charge in [0.15, 0.2) is 0 Å². The van der Waals surface area contributed by atoms with Crippen molar-refractivity contribution in [1.82, 2.24) is 4.98 Å². The highest BCUT2D eigenvalue weighted by atomic mass is 35.5. The molecule has 21 heavy (non-hydrogen) atoms. The van der Waals surface area contributed by atoms with Crippen molar-refractivity contribution in [3.05, 3.63) is 75.4 Å². The zero-order chi connectivity index (χ0) is 14.8. The number of halogens is 1. The molecule has 1 heterocycles. The third kappa shape index (κ3) is 2.69. The molecule has 0 fully saturated rings. The quantitative estimate of drug-likeness (QED) is 0.720. The predicted octanol–water partition coefficient (Wildman–Crippen LogP) is 4.38. The molecule has 0 aliphatic carbocycles. The Labute approximate surface area is 127 Å². The van der Waals surface area contributed by atoms with Gasteiger partial charge in [-0.3, -0.25) is 0 Å². The van der Waals surface area contributed by atoms with Gasteiger partial charge < -0.3 is 4.42 Å². The fourth-order valence-corrected chi connectivity index (χ4v) is 2.62. The van der Waals surface area contributed by atoms with Crippen molar-refractivity contribution in [2.75, 3.05) is 0 Å². The summed E-state index contributed by atoms with van der Waals surface area (Å²) >= 11 is 5.91. The summed E-state index contributed by atoms with van der Waals surface area (Å²) in [6, 6.07) is 15.0. The Hall–Kier alpha value is -2.13. The van der Waals surface area contributed by atoms with E-state index < -0.39 is 5.63 Å². The van der Waals surface area contributed by atoms with Crippen molar-refractivity contribution in [3.8, 4) is 0 Å². The Morgan fingerprint density at radius 2 is 1.95 bits per heavy atom. The summed E-state index contributed by atoms with van der Waals surface area (Å²) in [4.78, 5) is 16.6. The molecule has 3 nitrogen and oxygen atoms in total. The van der Waals surface area contributed by atoms with Crippen molar-refractivity contribution in [1.29, 1.82) is 0 Å². The van der Waals surface area contributed by atoms with Crippen LogP contribution >= 0.6 is 11.6 Å². The van der Waals surface area contributed by atoms with E-state index in [0.29, 0.717) is 21.8 Å². The van der Waals surface area contributed by atoms with Crippen LogP contribution < -0.4 is 5.63 Å². The normalized spacial score (nSPS) is 12.5. The lowest BCUT2D eigenvalue weighted by molar-refractivity contribution is 0.420. The molecule has 0 saturated heterocycles. The first-order valence-corrected chi connectivity index (χ1v) is 7.22. The maximum atomic E-state index is 12.1. The zero-order valence-corrected chi connectivity index (χ0v) is 12.3. The lowest BCUT2D eigenvalue weighted by Gasteiger charge is -2.13. The van der Waals surface area contributed by atoms with Gasteiger partial charge in [-0.25, -0.2) is 9.78 Å². The first kappa shape index (κ1) is 13.8. The molecule has 106 valence electrons. The Kier molecular flexibility index (Phi) is 3.76. The molecule has 0 spiro atoms. The summed E-state index contributed by atoms with van der Waals surface area (Å²) in [7, 11) is 0. The molecular weight excluding hydrogens is 286 g/mol. The molecule has 1 aromatic heterocycles. The van der Waals surface area contributed by atoms with E-state index in [4.69, 9.17) is 16.0 Å². The SMILES string of the molecule is CCC(c1ccccc1)c1nc2ccc(Cl)cc2c(=O)o1. The monoisotopic (exact) mass is 299 g/mol. The van der Waals surface area contributed by atoms with E-state index in [-0.39, 0.29) is 5.92 Å². The van der Waals surface area contributed by atoms with Crippen LogP contribution in [0.4, 0.5) is 0 Å². The van der Waals surface area contributed by atoms with Gasteiger partial charge in [0, 0.05) is 5.02 Å². The van der Waals surface area contributed by atoms with Gasteiger partial charge in [-0.2, -0.15) is 0 Å². The lowest BCUT2D eigenvalue weighted by atomic mass is 9.96. The molecule has 4 heteroatoms. The van der Waals surface area contributed by atoms with Gasteiger partial charge >= 0.3 is 5.63 Å². The van der Waals surface area contributed by atoms with Crippen LogP contribution in [0.1, 0.15) is 30.7 Å². The highest BCUT2D eigenvalue weighted by molar-refractivity contribution is 6.31. The van der Waals surface area contributed by atoms with E-state index in [1.165, 1.54) is 0 Å². The maximum Gasteiger partial charge on any atom is 0.346 e. The standard InChI is InChI=1S/C17H14ClNO2/c1-2-13(11-6-4-3-5-7-11)16-19-15-9-8-12(18)10-14(15)17(20)21-16/h3-10,13H,2H2,1H3. The fraction of sp³-hybridized carbons (Fsp3) is 0.176. The second-order valence-electron chi connectivity index (χ2n) is 4.87. The summed E-state index contributed by atoms with van der Waals surface area (Å²) < 4.78 is 5.43. The molecule has 0 aliphatic rings. The Balaban J connectivity index is 2.16. The van der Waals surface area contributed by atoms with Gasteiger partial charge in [0.25, 0.3) is 0 Å². The van der Waals surface area contributed by atoms with Crippen LogP contribution in [0.3, 0.4) is 0 Å². The first-order chi connectivity index (χ1) is 10.2. The average molecular weight is 300 g/mol. The molecule has 0 radical (unpaired) electrons. The van der Waals surface area contributed by atoms with Gasteiger partial charge in [0.2, 0.25) is 5.89 Å². The van der Waals surface area contributed by atoms with E-state index >= 15 is 0 Å². The van der Waals surface area contributed by atoms with Crippen molar-refractivity contribution in [2.45, 2.75) is 19.3 Å². The van der Waals surface area contributed by atoms with Gasteiger partial charge in [0.1, 0.15) is 0 Å². The minimum absolute atomic E-state index is 0.0287. The minimum atomic E-state index is -0.396. The second kappa shape index (κ2) is 5.70. The van der Waals surface area contributed by atoms with Gasteiger partial charge in [-0.15, -0.1) is 0 Å². The molecule has 2 aromatic carbocycles. The van der Waals surface area contributed by atoms with E-state index in [2.05, 4.69) is 4.98 Å². The molecule has 0 aliphatic heterocycles. The van der Waals surface area contributed by atoms with Crippen LogP contribution in [0.2, 0.25) is 5.02 Å². The number of hydrogen-bond donors (Lipinski definition) is 0. The molecule has 0 amide bonds. The molecule has 3 rings (SSSR count). The zero-order valence-electron chi connectivity index (χ0n) is 11.5. The van der Waals surface area contributed by atoms with Gasteiger partial charge in [-0.1, -0.05) is 48.9 Å². The highest BCUT2D eigenvalue weighted by Crippen LogP contribution is 2.27. The molecule has 0 saturated carbocycles. The summed E-state index contributed by atoms with van der Waals surface area (Å²) in [6.07, 6.45) is 0.805. The molecular formula is C17H14ClNO2. The molecule has 0 N–H and O–H groups in total. The summed E-state index contributed by atoms with van der Waals surface area (Å²) in [6.45, 7) is 2.05. The molecule has 1 atom stereocenters. The number of hydrogen-bond acceptors (Lipinski definition) is 3. The van der Waals surface area contributed by atoms with Gasteiger partial charge in [0.05, 0.1) is 16.8 Å². The molecule has 0 bridgehead atoms. The fourth-order valence-electron chi connectivity index (χ4n) is 2.45. The second-order valence-corrected chi connectivity index (χ2v) is 5.31. The largest absolute Gasteiger partial charge is 0.407 e. The number of rotatable bonds is 3. The maximum absolute atomic E-state index is 12.1. The average Bonchev–Trinajstić information content (AvgIpc) is 2.50. The number of nitrogens with zero attached hydrogens (tertiary/aromatic N) is 1. The number of fused-ring (bicyclic) bond motifs is 1. The van der Waals surface area contributed by atoms with Crippen LogP contribution in [-0.2, 0) is 0 Å².